The van der Waals surface area contributed by atoms with E-state index >= 15 is 0 Å². The number of aliphatic hydroxyl groups is 5. The zero-order valence-corrected chi connectivity index (χ0v) is 25.1. The number of benzene rings is 1. The number of aliphatic hydroxyl groups excluding tert-OH is 5. The van der Waals surface area contributed by atoms with E-state index in [1.165, 1.54) is 6.07 Å². The number of piperidine rings is 1. The van der Waals surface area contributed by atoms with Gasteiger partial charge in [-0.2, -0.15) is 0 Å². The van der Waals surface area contributed by atoms with E-state index in [0.717, 1.165) is 25.7 Å². The van der Waals surface area contributed by atoms with Gasteiger partial charge in [-0.1, -0.05) is 6.07 Å². The van der Waals surface area contributed by atoms with Gasteiger partial charge < -0.3 is 50.1 Å². The van der Waals surface area contributed by atoms with Gasteiger partial charge >= 0.3 is 6.09 Å². The van der Waals surface area contributed by atoms with Crippen LogP contribution in [-0.4, -0.2) is 130 Å². The number of carbonyl (C=O) groups is 2. The monoisotopic (exact) mass is 613 g/mol. The number of nitrogens with one attached hydrogen (secondary N) is 1. The van der Waals surface area contributed by atoms with Crippen molar-refractivity contribution in [2.45, 2.75) is 76.5 Å². The zero-order chi connectivity index (χ0) is 31.5. The van der Waals surface area contributed by atoms with Crippen molar-refractivity contribution >= 4 is 12.0 Å². The molecule has 2 aliphatic heterocycles. The van der Waals surface area contributed by atoms with Crippen LogP contribution in [0.5, 0.6) is 5.75 Å². The van der Waals surface area contributed by atoms with Gasteiger partial charge in [0.25, 0.3) is 0 Å². The summed E-state index contributed by atoms with van der Waals surface area (Å²) in [4.78, 5) is 28.0. The molecule has 2 fully saturated rings. The van der Waals surface area contributed by atoms with Crippen LogP contribution >= 0.6 is 0 Å². The first kappa shape index (κ1) is 34.9. The first-order valence-electron chi connectivity index (χ1n) is 15.2. The highest BCUT2D eigenvalue weighted by molar-refractivity contribution is 5.79. The minimum atomic E-state index is -1.68. The Balaban J connectivity index is 1.28. The summed E-state index contributed by atoms with van der Waals surface area (Å²) in [6.45, 7) is 6.13. The van der Waals surface area contributed by atoms with E-state index < -0.39 is 36.8 Å². The SMILES string of the molecule is CC(C)OC(=O)N1CCC(CCCOc2ccc(CC(=O)N3CC(CNC[C@H](O)[C@@H](O)[C@H](O)C(O)CO)C3)c(F)c2)CC1. The quantitative estimate of drug-likeness (QED) is 0.142. The van der Waals surface area contributed by atoms with Crippen LogP contribution in [0.2, 0.25) is 0 Å². The average molecular weight is 614 g/mol. The van der Waals surface area contributed by atoms with Crippen LogP contribution in [0, 0.1) is 17.7 Å². The van der Waals surface area contributed by atoms with Gasteiger partial charge in [0.05, 0.1) is 31.8 Å². The fraction of sp³-hybridized carbons (Fsp3) is 0.733. The standard InChI is InChI=1S/C30H48FN3O9/c1-19(2)43-30(41)33-9-7-20(8-10-33)4-3-11-42-23-6-5-22(24(31)13-23)12-27(38)34-16-21(17-34)14-32-15-25(36)28(39)29(40)26(37)18-35/h5-6,13,19-21,25-26,28-29,32,35-37,39-40H,3-4,7-12,14-18H2,1-2H3/t25-,26?,28+,29+/m0/s1. The molecule has 244 valence electrons. The maximum absolute atomic E-state index is 14.7. The Hall–Kier alpha value is -2.55. The van der Waals surface area contributed by atoms with E-state index in [1.807, 2.05) is 13.8 Å². The molecule has 43 heavy (non-hydrogen) atoms. The maximum Gasteiger partial charge on any atom is 0.410 e. The molecule has 1 aromatic carbocycles. The van der Waals surface area contributed by atoms with E-state index in [9.17, 15) is 34.4 Å². The second-order valence-corrected chi connectivity index (χ2v) is 11.9. The molecule has 0 saturated carbocycles. The van der Waals surface area contributed by atoms with Crippen LogP contribution in [0.4, 0.5) is 9.18 Å². The molecule has 0 spiro atoms. The molecule has 2 saturated heterocycles. The highest BCUT2D eigenvalue weighted by Crippen LogP contribution is 2.24. The Morgan fingerprint density at radius 2 is 1.70 bits per heavy atom. The molecular weight excluding hydrogens is 565 g/mol. The first-order valence-corrected chi connectivity index (χ1v) is 15.2. The summed E-state index contributed by atoms with van der Waals surface area (Å²) >= 11 is 0. The number of ether oxygens (including phenoxy) is 2. The van der Waals surface area contributed by atoms with E-state index in [4.69, 9.17) is 14.6 Å². The first-order chi connectivity index (χ1) is 20.5. The molecule has 0 bridgehead atoms. The van der Waals surface area contributed by atoms with Crippen LogP contribution in [0.1, 0.15) is 45.1 Å². The lowest BCUT2D eigenvalue weighted by atomic mass is 9.92. The molecule has 2 aliphatic rings. The molecule has 3 rings (SSSR count). The third-order valence-corrected chi connectivity index (χ3v) is 8.02. The Labute approximate surface area is 252 Å². The minimum Gasteiger partial charge on any atom is -0.493 e. The van der Waals surface area contributed by atoms with Gasteiger partial charge in [-0.3, -0.25) is 4.79 Å². The van der Waals surface area contributed by atoms with E-state index in [2.05, 4.69) is 5.32 Å². The molecule has 2 amide bonds. The Kier molecular flexibility index (Phi) is 13.9. The van der Waals surface area contributed by atoms with Crippen molar-refractivity contribution in [3.05, 3.63) is 29.6 Å². The van der Waals surface area contributed by atoms with Gasteiger partial charge in [-0.25, -0.2) is 9.18 Å². The second kappa shape index (κ2) is 17.1. The van der Waals surface area contributed by atoms with Crippen molar-refractivity contribution in [2.75, 3.05) is 52.5 Å². The van der Waals surface area contributed by atoms with Crippen LogP contribution < -0.4 is 10.1 Å². The summed E-state index contributed by atoms with van der Waals surface area (Å²) in [6, 6.07) is 4.55. The van der Waals surface area contributed by atoms with Gasteiger partial charge in [0.2, 0.25) is 5.91 Å². The summed E-state index contributed by atoms with van der Waals surface area (Å²) in [5, 5.41) is 50.6. The summed E-state index contributed by atoms with van der Waals surface area (Å²) in [5.74, 6) is 0.367. The number of carbonyl (C=O) groups excluding carboxylic acids is 2. The number of hydrogen-bond acceptors (Lipinski definition) is 10. The highest BCUT2D eigenvalue weighted by Gasteiger charge is 2.32. The molecular formula is C30H48FN3O9. The molecule has 1 unspecified atom stereocenters. The molecule has 6 N–H and O–H groups in total. The molecule has 13 heteroatoms. The number of halogens is 1. The number of nitrogens with zero attached hydrogens (tertiary/aromatic N) is 2. The smallest absolute Gasteiger partial charge is 0.410 e. The molecule has 12 nitrogen and oxygen atoms in total. The Morgan fingerprint density at radius 1 is 1.02 bits per heavy atom. The summed E-state index contributed by atoms with van der Waals surface area (Å²) in [6.07, 6.45) is -3.01. The lowest BCUT2D eigenvalue weighted by Gasteiger charge is -2.39. The van der Waals surface area contributed by atoms with Crippen LogP contribution in [0.3, 0.4) is 0 Å². The maximum atomic E-state index is 14.7. The molecule has 0 aromatic heterocycles. The molecule has 1 aromatic rings. The van der Waals surface area contributed by atoms with Gasteiger partial charge in [0.15, 0.2) is 0 Å². The number of rotatable bonds is 16. The van der Waals surface area contributed by atoms with E-state index in [1.54, 1.807) is 21.9 Å². The van der Waals surface area contributed by atoms with Crippen LogP contribution in [-0.2, 0) is 16.0 Å². The van der Waals surface area contributed by atoms with Crippen molar-refractivity contribution < 1.29 is 49.0 Å². The van der Waals surface area contributed by atoms with Gasteiger partial charge in [0.1, 0.15) is 29.9 Å². The van der Waals surface area contributed by atoms with Gasteiger partial charge in [-0.05, 0) is 57.1 Å². The fourth-order valence-electron chi connectivity index (χ4n) is 5.30. The Morgan fingerprint density at radius 3 is 2.33 bits per heavy atom. The number of likely N-dealkylation sites (tertiary alicyclic amines) is 2. The van der Waals surface area contributed by atoms with E-state index in [-0.39, 0.29) is 37.0 Å². The van der Waals surface area contributed by atoms with Gasteiger partial charge in [0, 0.05) is 51.3 Å². The van der Waals surface area contributed by atoms with Crippen molar-refractivity contribution in [1.29, 1.82) is 0 Å². The molecule has 4 atom stereocenters. The third kappa shape index (κ3) is 10.8. The van der Waals surface area contributed by atoms with Crippen molar-refractivity contribution in [3.63, 3.8) is 0 Å². The fourth-order valence-corrected chi connectivity index (χ4v) is 5.30. The van der Waals surface area contributed by atoms with Crippen LogP contribution in [0.25, 0.3) is 0 Å². The van der Waals surface area contributed by atoms with E-state index in [0.29, 0.717) is 56.6 Å². The van der Waals surface area contributed by atoms with Crippen LogP contribution in [0.15, 0.2) is 18.2 Å². The van der Waals surface area contributed by atoms with Gasteiger partial charge in [-0.15, -0.1) is 0 Å². The normalized spacial score (nSPS) is 19.1. The number of amides is 2. The summed E-state index contributed by atoms with van der Waals surface area (Å²) in [7, 11) is 0. The predicted molar refractivity (Wildman–Crippen MR) is 155 cm³/mol. The van der Waals surface area contributed by atoms with Crippen molar-refractivity contribution in [1.82, 2.24) is 15.1 Å². The third-order valence-electron chi connectivity index (χ3n) is 8.02. The average Bonchev–Trinajstić information content (AvgIpc) is 2.96. The number of hydrogen-bond donors (Lipinski definition) is 6. The highest BCUT2D eigenvalue weighted by atomic mass is 19.1. The molecule has 0 radical (unpaired) electrons. The van der Waals surface area contributed by atoms with Crippen molar-refractivity contribution in [3.8, 4) is 5.75 Å². The predicted octanol–water partition coefficient (Wildman–Crippen LogP) is 0.268. The Bertz CT molecular complexity index is 1020. The molecule has 0 aliphatic carbocycles. The summed E-state index contributed by atoms with van der Waals surface area (Å²) in [5.41, 5.74) is 0.294. The second-order valence-electron chi connectivity index (χ2n) is 11.9. The lowest BCUT2D eigenvalue weighted by molar-refractivity contribution is -0.136. The minimum absolute atomic E-state index is 0.0453. The molecule has 2 heterocycles. The topological polar surface area (TPSA) is 172 Å². The zero-order valence-electron chi connectivity index (χ0n) is 25.1. The van der Waals surface area contributed by atoms with Crippen molar-refractivity contribution in [2.24, 2.45) is 11.8 Å². The summed E-state index contributed by atoms with van der Waals surface area (Å²) < 4.78 is 25.7. The lowest BCUT2D eigenvalue weighted by Crippen LogP contribution is -2.55. The largest absolute Gasteiger partial charge is 0.493 e.